The first-order valence-electron chi connectivity index (χ1n) is 8.72. The quantitative estimate of drug-likeness (QED) is 0.668. The summed E-state index contributed by atoms with van der Waals surface area (Å²) in [7, 11) is 1.58. The number of H-pyrrole nitrogens is 1. The second-order valence-electron chi connectivity index (χ2n) is 6.30. The van der Waals surface area contributed by atoms with Crippen molar-refractivity contribution in [2.75, 3.05) is 12.4 Å². The van der Waals surface area contributed by atoms with Gasteiger partial charge >= 0.3 is 0 Å². The van der Waals surface area contributed by atoms with Gasteiger partial charge in [-0.15, -0.1) is 0 Å². The van der Waals surface area contributed by atoms with Crippen LogP contribution in [0.3, 0.4) is 0 Å². The Kier molecular flexibility index (Phi) is 5.76. The third-order valence-electron chi connectivity index (χ3n) is 4.37. The fourth-order valence-corrected chi connectivity index (χ4v) is 2.66. The van der Waals surface area contributed by atoms with Crippen molar-refractivity contribution in [3.05, 3.63) is 70.9 Å². The van der Waals surface area contributed by atoms with E-state index in [0.717, 1.165) is 22.4 Å². The number of hydrogen-bond donors (Lipinski definition) is 2. The Morgan fingerprint density at radius 1 is 1.15 bits per heavy atom. The number of benzene rings is 2. The number of hydrogen-bond acceptors (Lipinski definition) is 4. The Morgan fingerprint density at radius 2 is 1.93 bits per heavy atom. The highest BCUT2D eigenvalue weighted by atomic mass is 16.5. The van der Waals surface area contributed by atoms with Gasteiger partial charge in [0, 0.05) is 22.9 Å². The summed E-state index contributed by atoms with van der Waals surface area (Å²) in [5.74, 6) is 1.71. The van der Waals surface area contributed by atoms with E-state index in [1.807, 2.05) is 56.3 Å². The van der Waals surface area contributed by atoms with E-state index in [2.05, 4.69) is 15.5 Å². The van der Waals surface area contributed by atoms with Crippen LogP contribution in [0.25, 0.3) is 0 Å². The topological polar surface area (TPSA) is 76.2 Å². The van der Waals surface area contributed by atoms with Gasteiger partial charge in [0.1, 0.15) is 18.1 Å². The zero-order chi connectivity index (χ0) is 19.2. The minimum absolute atomic E-state index is 0.152. The second kappa shape index (κ2) is 8.40. The van der Waals surface area contributed by atoms with E-state index in [1.54, 1.807) is 13.2 Å². The highest BCUT2D eigenvalue weighted by Gasteiger charge is 2.13. The Bertz CT molecular complexity index is 920. The van der Waals surface area contributed by atoms with Gasteiger partial charge in [0.25, 0.3) is 0 Å². The number of amides is 1. The molecule has 140 valence electrons. The molecule has 2 N–H and O–H groups in total. The molecule has 0 saturated carbocycles. The Labute approximate surface area is 158 Å². The summed E-state index contributed by atoms with van der Waals surface area (Å²) >= 11 is 0. The van der Waals surface area contributed by atoms with Crippen LogP contribution in [0.5, 0.6) is 11.5 Å². The average Bonchev–Trinajstić information content (AvgIpc) is 3.00. The molecule has 27 heavy (non-hydrogen) atoms. The molecular formula is C21H23N3O3. The van der Waals surface area contributed by atoms with E-state index in [1.165, 1.54) is 0 Å². The predicted octanol–water partition coefficient (Wildman–Crippen LogP) is 3.80. The van der Waals surface area contributed by atoms with E-state index in [0.29, 0.717) is 23.9 Å². The summed E-state index contributed by atoms with van der Waals surface area (Å²) in [4.78, 5) is 12.4. The summed E-state index contributed by atoms with van der Waals surface area (Å²) in [6, 6.07) is 15.4. The van der Waals surface area contributed by atoms with Crippen LogP contribution in [0.4, 0.5) is 5.82 Å². The van der Waals surface area contributed by atoms with E-state index < -0.39 is 0 Å². The van der Waals surface area contributed by atoms with Crippen molar-refractivity contribution in [2.45, 2.75) is 26.9 Å². The van der Waals surface area contributed by atoms with Gasteiger partial charge in [-0.3, -0.25) is 9.89 Å². The average molecular weight is 365 g/mol. The van der Waals surface area contributed by atoms with Gasteiger partial charge in [-0.25, -0.2) is 0 Å². The number of aryl methyl sites for hydroxylation is 1. The molecule has 3 rings (SSSR count). The molecule has 0 atom stereocenters. The van der Waals surface area contributed by atoms with Crippen molar-refractivity contribution in [2.24, 2.45) is 0 Å². The third-order valence-corrected chi connectivity index (χ3v) is 4.37. The molecule has 0 saturated heterocycles. The lowest BCUT2D eigenvalue weighted by atomic mass is 10.1. The number of aromatic nitrogens is 2. The fraction of sp³-hybridized carbons (Fsp3) is 0.238. The first kappa shape index (κ1) is 18.5. The van der Waals surface area contributed by atoms with Gasteiger partial charge in [-0.1, -0.05) is 36.4 Å². The van der Waals surface area contributed by atoms with Gasteiger partial charge in [0.15, 0.2) is 5.82 Å². The molecule has 0 aliphatic rings. The van der Waals surface area contributed by atoms with E-state index in [-0.39, 0.29) is 12.3 Å². The SMILES string of the molecule is COc1cc(OCc2ccccc2)ccc1CC(=O)Nc1n[nH]c(C)c1C. The molecule has 6 heteroatoms. The van der Waals surface area contributed by atoms with Crippen molar-refractivity contribution < 1.29 is 14.3 Å². The zero-order valence-electron chi connectivity index (χ0n) is 15.7. The molecule has 0 spiro atoms. The van der Waals surface area contributed by atoms with E-state index in [4.69, 9.17) is 9.47 Å². The summed E-state index contributed by atoms with van der Waals surface area (Å²) in [5.41, 5.74) is 3.74. The monoisotopic (exact) mass is 365 g/mol. The van der Waals surface area contributed by atoms with E-state index >= 15 is 0 Å². The highest BCUT2D eigenvalue weighted by molar-refractivity contribution is 5.92. The van der Waals surface area contributed by atoms with Gasteiger partial charge < -0.3 is 14.8 Å². The molecule has 2 aromatic carbocycles. The van der Waals surface area contributed by atoms with Gasteiger partial charge in [0.05, 0.1) is 13.5 Å². The number of anilines is 1. The smallest absolute Gasteiger partial charge is 0.230 e. The number of methoxy groups -OCH3 is 1. The Morgan fingerprint density at radius 3 is 2.59 bits per heavy atom. The standard InChI is InChI=1S/C21H23N3O3/c1-14-15(2)23-24-21(14)22-20(25)11-17-9-10-18(12-19(17)26-3)27-13-16-7-5-4-6-8-16/h4-10,12H,11,13H2,1-3H3,(H2,22,23,24,25). The van der Waals surface area contributed by atoms with Crippen LogP contribution in [0.1, 0.15) is 22.4 Å². The minimum atomic E-state index is -0.152. The molecule has 3 aromatic rings. The summed E-state index contributed by atoms with van der Waals surface area (Å²) < 4.78 is 11.2. The maximum atomic E-state index is 12.4. The number of nitrogens with zero attached hydrogens (tertiary/aromatic N) is 1. The predicted molar refractivity (Wildman–Crippen MR) is 104 cm³/mol. The highest BCUT2D eigenvalue weighted by Crippen LogP contribution is 2.26. The number of carbonyl (C=O) groups excluding carboxylic acids is 1. The largest absolute Gasteiger partial charge is 0.496 e. The minimum Gasteiger partial charge on any atom is -0.496 e. The molecule has 0 unspecified atom stereocenters. The van der Waals surface area contributed by atoms with Crippen LogP contribution in [-0.2, 0) is 17.8 Å². The number of nitrogens with one attached hydrogen (secondary N) is 2. The van der Waals surface area contributed by atoms with Crippen LogP contribution in [0.15, 0.2) is 48.5 Å². The lowest BCUT2D eigenvalue weighted by molar-refractivity contribution is -0.115. The van der Waals surface area contributed by atoms with Crippen LogP contribution in [-0.4, -0.2) is 23.2 Å². The van der Waals surface area contributed by atoms with E-state index in [9.17, 15) is 4.79 Å². The van der Waals surface area contributed by atoms with Crippen molar-refractivity contribution >= 4 is 11.7 Å². The van der Waals surface area contributed by atoms with Crippen molar-refractivity contribution in [1.29, 1.82) is 0 Å². The molecule has 0 radical (unpaired) electrons. The van der Waals surface area contributed by atoms with Crippen LogP contribution in [0, 0.1) is 13.8 Å². The van der Waals surface area contributed by atoms with Crippen LogP contribution >= 0.6 is 0 Å². The zero-order valence-corrected chi connectivity index (χ0v) is 15.7. The third kappa shape index (κ3) is 4.67. The summed E-state index contributed by atoms with van der Waals surface area (Å²) in [6.45, 7) is 4.30. The first-order chi connectivity index (χ1) is 13.1. The molecular weight excluding hydrogens is 342 g/mol. The van der Waals surface area contributed by atoms with Crippen LogP contribution in [0.2, 0.25) is 0 Å². The molecule has 0 fully saturated rings. The fourth-order valence-electron chi connectivity index (χ4n) is 2.66. The molecule has 1 heterocycles. The van der Waals surface area contributed by atoms with Gasteiger partial charge in [-0.2, -0.15) is 5.10 Å². The normalized spacial score (nSPS) is 10.5. The van der Waals surface area contributed by atoms with Crippen molar-refractivity contribution in [3.63, 3.8) is 0 Å². The first-order valence-corrected chi connectivity index (χ1v) is 8.72. The summed E-state index contributed by atoms with van der Waals surface area (Å²) in [6.07, 6.45) is 0.188. The van der Waals surface area contributed by atoms with Gasteiger partial charge in [-0.05, 0) is 25.5 Å². The molecule has 0 aliphatic heterocycles. The molecule has 0 aliphatic carbocycles. The second-order valence-corrected chi connectivity index (χ2v) is 6.30. The van der Waals surface area contributed by atoms with Crippen LogP contribution < -0.4 is 14.8 Å². The number of aromatic amines is 1. The number of carbonyl (C=O) groups is 1. The Hall–Kier alpha value is -3.28. The molecule has 1 aromatic heterocycles. The maximum absolute atomic E-state index is 12.4. The number of ether oxygens (including phenoxy) is 2. The van der Waals surface area contributed by atoms with Crippen molar-refractivity contribution in [1.82, 2.24) is 10.2 Å². The molecule has 6 nitrogen and oxygen atoms in total. The molecule has 1 amide bonds. The molecule has 0 bridgehead atoms. The lowest BCUT2D eigenvalue weighted by Crippen LogP contribution is -2.16. The maximum Gasteiger partial charge on any atom is 0.230 e. The van der Waals surface area contributed by atoms with Crippen molar-refractivity contribution in [3.8, 4) is 11.5 Å². The summed E-state index contributed by atoms with van der Waals surface area (Å²) in [5, 5.41) is 9.78. The van der Waals surface area contributed by atoms with Gasteiger partial charge in [0.2, 0.25) is 5.91 Å². The lowest BCUT2D eigenvalue weighted by Gasteiger charge is -2.12. The number of rotatable bonds is 7. The Balaban J connectivity index is 1.65.